The highest BCUT2D eigenvalue weighted by molar-refractivity contribution is 6.00. The monoisotopic (exact) mass is 335 g/mol. The number of nitrogens with one attached hydrogen (secondary N) is 2. The smallest absolute Gasteiger partial charge is 0.255 e. The van der Waals surface area contributed by atoms with Crippen molar-refractivity contribution in [3.63, 3.8) is 0 Å². The number of likely N-dealkylation sites (N-methyl/N-ethyl adjacent to an activating group) is 1. The van der Waals surface area contributed by atoms with Crippen molar-refractivity contribution in [2.24, 2.45) is 0 Å². The maximum atomic E-state index is 12.7. The van der Waals surface area contributed by atoms with Gasteiger partial charge < -0.3 is 10.2 Å². The molecule has 2 aromatic carbocycles. The zero-order valence-corrected chi connectivity index (χ0v) is 14.6. The first kappa shape index (κ1) is 16.9. The van der Waals surface area contributed by atoms with Crippen molar-refractivity contribution in [1.82, 2.24) is 15.1 Å². The molecule has 3 aromatic rings. The molecule has 128 valence electrons. The molecule has 2 N–H and O–H groups in total. The summed E-state index contributed by atoms with van der Waals surface area (Å²) in [5.41, 5.74) is 3.29. The van der Waals surface area contributed by atoms with Crippen LogP contribution in [0, 0.1) is 0 Å². The second-order valence-electron chi connectivity index (χ2n) is 6.23. The van der Waals surface area contributed by atoms with Gasteiger partial charge in [0, 0.05) is 5.56 Å². The van der Waals surface area contributed by atoms with Crippen LogP contribution in [0.5, 0.6) is 0 Å². The standard InChI is InChI=1S/C20H22N4O/c1-23(2)14-13-21-20(25)18-15-22-24(17-11-7-4-8-12-17)19(18)16-9-5-3-6-10-16/h3-12,15H,13-14H2,1-2H3,(H,21,25)/p+1. The van der Waals surface area contributed by atoms with Gasteiger partial charge in [0.15, 0.2) is 0 Å². The molecule has 0 aliphatic heterocycles. The predicted octanol–water partition coefficient (Wildman–Crippen LogP) is 1.41. The highest BCUT2D eigenvalue weighted by Crippen LogP contribution is 2.26. The predicted molar refractivity (Wildman–Crippen MR) is 99.0 cm³/mol. The zero-order valence-electron chi connectivity index (χ0n) is 14.6. The highest BCUT2D eigenvalue weighted by Gasteiger charge is 2.19. The van der Waals surface area contributed by atoms with E-state index in [0.29, 0.717) is 12.1 Å². The van der Waals surface area contributed by atoms with Crippen molar-refractivity contribution >= 4 is 5.91 Å². The largest absolute Gasteiger partial charge is 0.346 e. The van der Waals surface area contributed by atoms with Crippen LogP contribution in [0.25, 0.3) is 16.9 Å². The van der Waals surface area contributed by atoms with Gasteiger partial charge in [0.25, 0.3) is 5.91 Å². The number of carbonyl (C=O) groups excluding carboxylic acids is 1. The molecule has 0 saturated carbocycles. The molecule has 0 spiro atoms. The van der Waals surface area contributed by atoms with E-state index in [9.17, 15) is 4.79 Å². The topological polar surface area (TPSA) is 51.4 Å². The van der Waals surface area contributed by atoms with Crippen molar-refractivity contribution in [2.45, 2.75) is 0 Å². The van der Waals surface area contributed by atoms with E-state index in [2.05, 4.69) is 24.5 Å². The first-order valence-electron chi connectivity index (χ1n) is 8.43. The van der Waals surface area contributed by atoms with Crippen LogP contribution in [-0.4, -0.2) is 42.9 Å². The van der Waals surface area contributed by atoms with Crippen molar-refractivity contribution in [3.05, 3.63) is 72.4 Å². The van der Waals surface area contributed by atoms with E-state index in [-0.39, 0.29) is 5.91 Å². The lowest BCUT2D eigenvalue weighted by atomic mass is 10.1. The number of amides is 1. The summed E-state index contributed by atoms with van der Waals surface area (Å²) < 4.78 is 1.82. The van der Waals surface area contributed by atoms with Gasteiger partial charge in [-0.1, -0.05) is 48.5 Å². The molecule has 1 heterocycles. The second-order valence-corrected chi connectivity index (χ2v) is 6.23. The minimum absolute atomic E-state index is 0.0951. The fourth-order valence-corrected chi connectivity index (χ4v) is 2.67. The molecular formula is C20H23N4O+. The zero-order chi connectivity index (χ0) is 17.6. The summed E-state index contributed by atoms with van der Waals surface area (Å²) >= 11 is 0. The molecule has 0 atom stereocenters. The first-order valence-corrected chi connectivity index (χ1v) is 8.43. The fourth-order valence-electron chi connectivity index (χ4n) is 2.67. The third kappa shape index (κ3) is 3.95. The van der Waals surface area contributed by atoms with Crippen LogP contribution >= 0.6 is 0 Å². The number of benzene rings is 2. The third-order valence-electron chi connectivity index (χ3n) is 3.97. The SMILES string of the molecule is C[NH+](C)CCNC(=O)c1cnn(-c2ccccc2)c1-c1ccccc1. The Morgan fingerprint density at radius 2 is 1.68 bits per heavy atom. The van der Waals surface area contributed by atoms with Gasteiger partial charge in [-0.15, -0.1) is 0 Å². The number of para-hydroxylation sites is 1. The van der Waals surface area contributed by atoms with Gasteiger partial charge in [0.2, 0.25) is 0 Å². The van der Waals surface area contributed by atoms with Gasteiger partial charge in [-0.3, -0.25) is 4.79 Å². The number of rotatable bonds is 6. The summed E-state index contributed by atoms with van der Waals surface area (Å²) in [5, 5.41) is 7.47. The third-order valence-corrected chi connectivity index (χ3v) is 3.97. The van der Waals surface area contributed by atoms with E-state index in [1.807, 2.05) is 65.3 Å². The summed E-state index contributed by atoms with van der Waals surface area (Å²) in [6.45, 7) is 1.51. The maximum absolute atomic E-state index is 12.7. The molecule has 5 nitrogen and oxygen atoms in total. The Morgan fingerprint density at radius 1 is 1.04 bits per heavy atom. The molecule has 0 saturated heterocycles. The number of quaternary nitrogens is 1. The van der Waals surface area contributed by atoms with E-state index in [1.54, 1.807) is 6.20 Å². The summed E-state index contributed by atoms with van der Waals surface area (Å²) in [6, 6.07) is 19.8. The quantitative estimate of drug-likeness (QED) is 0.716. The van der Waals surface area contributed by atoms with Crippen LogP contribution in [-0.2, 0) is 0 Å². The van der Waals surface area contributed by atoms with Gasteiger partial charge in [0.05, 0.1) is 50.3 Å². The van der Waals surface area contributed by atoms with Gasteiger partial charge >= 0.3 is 0 Å². The fraction of sp³-hybridized carbons (Fsp3) is 0.200. The Balaban J connectivity index is 1.99. The number of carbonyl (C=O) groups is 1. The van der Waals surface area contributed by atoms with E-state index in [1.165, 1.54) is 4.90 Å². The van der Waals surface area contributed by atoms with Crippen LogP contribution in [0.1, 0.15) is 10.4 Å². The van der Waals surface area contributed by atoms with Crippen molar-refractivity contribution in [3.8, 4) is 16.9 Å². The molecule has 0 fully saturated rings. The Kier molecular flexibility index (Phi) is 5.26. The molecule has 3 rings (SSSR count). The Morgan fingerprint density at radius 3 is 2.32 bits per heavy atom. The maximum Gasteiger partial charge on any atom is 0.255 e. The minimum Gasteiger partial charge on any atom is -0.346 e. The number of nitrogens with zero attached hydrogens (tertiary/aromatic N) is 2. The van der Waals surface area contributed by atoms with E-state index in [4.69, 9.17) is 0 Å². The molecule has 0 bridgehead atoms. The Labute approximate surface area is 147 Å². The molecule has 0 aliphatic carbocycles. The average molecular weight is 335 g/mol. The second kappa shape index (κ2) is 7.77. The van der Waals surface area contributed by atoms with E-state index < -0.39 is 0 Å². The van der Waals surface area contributed by atoms with Crippen LogP contribution < -0.4 is 10.2 Å². The first-order chi connectivity index (χ1) is 12.2. The van der Waals surface area contributed by atoms with Gasteiger partial charge in [-0.25, -0.2) is 4.68 Å². The molecule has 0 aliphatic rings. The molecular weight excluding hydrogens is 312 g/mol. The summed E-state index contributed by atoms with van der Waals surface area (Å²) in [7, 11) is 4.13. The van der Waals surface area contributed by atoms with Crippen molar-refractivity contribution in [1.29, 1.82) is 0 Å². The summed E-state index contributed by atoms with van der Waals surface area (Å²) in [4.78, 5) is 14.0. The van der Waals surface area contributed by atoms with Gasteiger partial charge in [0.1, 0.15) is 0 Å². The lowest BCUT2D eigenvalue weighted by Gasteiger charge is -2.11. The molecule has 5 heteroatoms. The number of hydrogen-bond acceptors (Lipinski definition) is 2. The summed E-state index contributed by atoms with van der Waals surface area (Å²) in [5.74, 6) is -0.0951. The lowest BCUT2D eigenvalue weighted by Crippen LogP contribution is -3.06. The van der Waals surface area contributed by atoms with Crippen molar-refractivity contribution < 1.29 is 9.69 Å². The van der Waals surface area contributed by atoms with E-state index in [0.717, 1.165) is 23.5 Å². The Hall–Kier alpha value is -2.92. The van der Waals surface area contributed by atoms with Crippen LogP contribution in [0.2, 0.25) is 0 Å². The van der Waals surface area contributed by atoms with Gasteiger partial charge in [-0.2, -0.15) is 5.10 Å². The average Bonchev–Trinajstić information content (AvgIpc) is 3.08. The molecule has 0 unspecified atom stereocenters. The molecule has 0 radical (unpaired) electrons. The molecule has 1 amide bonds. The summed E-state index contributed by atoms with van der Waals surface area (Å²) in [6.07, 6.45) is 1.65. The van der Waals surface area contributed by atoms with Gasteiger partial charge in [-0.05, 0) is 12.1 Å². The Bertz CT molecular complexity index is 825. The van der Waals surface area contributed by atoms with Crippen LogP contribution in [0.4, 0.5) is 0 Å². The van der Waals surface area contributed by atoms with Crippen molar-refractivity contribution in [2.75, 3.05) is 27.2 Å². The van der Waals surface area contributed by atoms with Crippen LogP contribution in [0.3, 0.4) is 0 Å². The number of hydrogen-bond donors (Lipinski definition) is 2. The number of aromatic nitrogens is 2. The van der Waals surface area contributed by atoms with Crippen LogP contribution in [0.15, 0.2) is 66.9 Å². The molecule has 1 aromatic heterocycles. The normalized spacial score (nSPS) is 10.8. The lowest BCUT2D eigenvalue weighted by molar-refractivity contribution is -0.856. The minimum atomic E-state index is -0.0951. The highest BCUT2D eigenvalue weighted by atomic mass is 16.1. The molecule has 25 heavy (non-hydrogen) atoms. The van der Waals surface area contributed by atoms with E-state index >= 15 is 0 Å².